The molecule has 0 unspecified atom stereocenters. The number of nitrogens with two attached hydrogens (primary N) is 1. The molecule has 1 heterocycles. The van der Waals surface area contributed by atoms with E-state index in [1.54, 1.807) is 6.07 Å². The summed E-state index contributed by atoms with van der Waals surface area (Å²) >= 11 is 0. The molecular weight excluding hydrogens is 416 g/mol. The Morgan fingerprint density at radius 1 is 1.03 bits per heavy atom. The van der Waals surface area contributed by atoms with Gasteiger partial charge in [0.15, 0.2) is 0 Å². The summed E-state index contributed by atoms with van der Waals surface area (Å²) in [5.41, 5.74) is 10.3. The van der Waals surface area contributed by atoms with Gasteiger partial charge >= 0.3 is 0 Å². The molecule has 4 rings (SSSR count). The summed E-state index contributed by atoms with van der Waals surface area (Å²) in [6.07, 6.45) is 0.784. The molecular formula is C23H21ClN4O3. The molecule has 8 heteroatoms. The quantitative estimate of drug-likeness (QED) is 0.300. The number of hydrogen-bond acceptors (Lipinski definition) is 5. The van der Waals surface area contributed by atoms with Crippen LogP contribution in [0.4, 0.5) is 17.1 Å². The van der Waals surface area contributed by atoms with Gasteiger partial charge in [-0.05, 0) is 42.3 Å². The number of carbonyl (C=O) groups excluding carboxylic acids is 1. The lowest BCUT2D eigenvalue weighted by Gasteiger charge is -2.15. The first-order valence-electron chi connectivity index (χ1n) is 9.52. The Hall–Kier alpha value is -3.68. The van der Waals surface area contributed by atoms with Crippen molar-refractivity contribution in [2.45, 2.75) is 6.42 Å². The van der Waals surface area contributed by atoms with Crippen LogP contribution in [0, 0.1) is 10.1 Å². The average molecular weight is 437 g/mol. The van der Waals surface area contributed by atoms with Crippen molar-refractivity contribution in [2.75, 3.05) is 17.2 Å². The van der Waals surface area contributed by atoms with Gasteiger partial charge in [0.1, 0.15) is 0 Å². The Balaban J connectivity index is 0.00000272. The van der Waals surface area contributed by atoms with Gasteiger partial charge in [0, 0.05) is 29.1 Å². The summed E-state index contributed by atoms with van der Waals surface area (Å²) in [5, 5.41) is 17.4. The molecule has 0 fully saturated rings. The van der Waals surface area contributed by atoms with E-state index in [9.17, 15) is 14.9 Å². The highest BCUT2D eigenvalue weighted by molar-refractivity contribution is 6.37. The zero-order valence-corrected chi connectivity index (χ0v) is 17.3. The molecule has 0 atom stereocenters. The second-order valence-corrected chi connectivity index (χ2v) is 6.92. The van der Waals surface area contributed by atoms with Crippen molar-refractivity contribution >= 4 is 46.6 Å². The lowest BCUT2D eigenvalue weighted by Crippen LogP contribution is -2.10. The van der Waals surface area contributed by atoms with Crippen molar-refractivity contribution in [2.24, 2.45) is 5.73 Å². The van der Waals surface area contributed by atoms with E-state index >= 15 is 0 Å². The van der Waals surface area contributed by atoms with Gasteiger partial charge in [-0.15, -0.1) is 12.4 Å². The van der Waals surface area contributed by atoms with Gasteiger partial charge in [-0.1, -0.05) is 42.5 Å². The van der Waals surface area contributed by atoms with Gasteiger partial charge in [-0.25, -0.2) is 0 Å². The second kappa shape index (κ2) is 9.42. The van der Waals surface area contributed by atoms with Crippen LogP contribution in [0.2, 0.25) is 0 Å². The van der Waals surface area contributed by atoms with E-state index in [0.29, 0.717) is 29.1 Å². The number of amides is 1. The standard InChI is InChI=1S/C23H20N4O3.ClH/c24-13-12-15-6-8-17(9-7-15)25-22(16-4-2-1-3-5-16)21-19-14-18(27(29)30)10-11-20(19)26-23(21)28;/h1-11,14,25H,12-13,24H2,(H,26,28);1H/b22-21-;. The summed E-state index contributed by atoms with van der Waals surface area (Å²) in [4.78, 5) is 23.7. The van der Waals surface area contributed by atoms with Crippen LogP contribution in [0.5, 0.6) is 0 Å². The van der Waals surface area contributed by atoms with E-state index < -0.39 is 4.92 Å². The number of nitro benzene ring substituents is 1. The largest absolute Gasteiger partial charge is 0.354 e. The fraction of sp³-hybridized carbons (Fsp3) is 0.0870. The Kier molecular flexibility index (Phi) is 6.69. The van der Waals surface area contributed by atoms with E-state index in [1.807, 2.05) is 54.6 Å². The average Bonchev–Trinajstić information content (AvgIpc) is 3.09. The van der Waals surface area contributed by atoms with Crippen molar-refractivity contribution in [3.05, 3.63) is 99.6 Å². The lowest BCUT2D eigenvalue weighted by atomic mass is 9.99. The molecule has 0 bridgehead atoms. The number of nitrogens with one attached hydrogen (secondary N) is 2. The molecule has 0 aromatic heterocycles. The Morgan fingerprint density at radius 2 is 1.74 bits per heavy atom. The van der Waals surface area contributed by atoms with E-state index in [-0.39, 0.29) is 24.0 Å². The third-order valence-electron chi connectivity index (χ3n) is 4.93. The summed E-state index contributed by atoms with van der Waals surface area (Å²) in [7, 11) is 0. The number of halogens is 1. The number of rotatable bonds is 6. The highest BCUT2D eigenvalue weighted by Crippen LogP contribution is 2.39. The molecule has 0 saturated carbocycles. The number of fused-ring (bicyclic) bond motifs is 1. The molecule has 0 saturated heterocycles. The minimum atomic E-state index is -0.466. The van der Waals surface area contributed by atoms with Crippen LogP contribution in [-0.2, 0) is 11.2 Å². The Morgan fingerprint density at radius 3 is 2.39 bits per heavy atom. The third-order valence-corrected chi connectivity index (χ3v) is 4.93. The van der Waals surface area contributed by atoms with Gasteiger partial charge in [0.25, 0.3) is 11.6 Å². The number of benzene rings is 3. The number of anilines is 2. The van der Waals surface area contributed by atoms with Crippen molar-refractivity contribution in [3.8, 4) is 0 Å². The summed E-state index contributed by atoms with van der Waals surface area (Å²) in [6.45, 7) is 0.571. The molecule has 1 aliphatic heterocycles. The van der Waals surface area contributed by atoms with Crippen LogP contribution >= 0.6 is 12.4 Å². The Bertz CT molecular complexity index is 1150. The fourth-order valence-corrected chi connectivity index (χ4v) is 3.47. The number of hydrogen-bond donors (Lipinski definition) is 3. The molecule has 158 valence electrons. The maximum Gasteiger partial charge on any atom is 0.270 e. The molecule has 7 nitrogen and oxygen atoms in total. The normalized spacial score (nSPS) is 13.6. The monoisotopic (exact) mass is 436 g/mol. The van der Waals surface area contributed by atoms with Gasteiger partial charge in [-0.2, -0.15) is 0 Å². The van der Waals surface area contributed by atoms with E-state index in [1.165, 1.54) is 12.1 Å². The van der Waals surface area contributed by atoms with Gasteiger partial charge in [0.2, 0.25) is 0 Å². The molecule has 1 amide bonds. The summed E-state index contributed by atoms with van der Waals surface area (Å²) < 4.78 is 0. The molecule has 3 aromatic rings. The molecule has 31 heavy (non-hydrogen) atoms. The number of carbonyl (C=O) groups is 1. The minimum Gasteiger partial charge on any atom is -0.354 e. The number of nitrogens with zero attached hydrogens (tertiary/aromatic N) is 1. The van der Waals surface area contributed by atoms with Crippen LogP contribution in [0.25, 0.3) is 11.3 Å². The number of non-ortho nitro benzene ring substituents is 1. The second-order valence-electron chi connectivity index (χ2n) is 6.92. The molecule has 0 radical (unpaired) electrons. The maximum atomic E-state index is 12.9. The highest BCUT2D eigenvalue weighted by Gasteiger charge is 2.30. The van der Waals surface area contributed by atoms with Crippen LogP contribution in [0.15, 0.2) is 72.8 Å². The topological polar surface area (TPSA) is 110 Å². The maximum absolute atomic E-state index is 12.9. The van der Waals surface area contributed by atoms with Crippen molar-refractivity contribution in [1.29, 1.82) is 0 Å². The third kappa shape index (κ3) is 4.58. The first-order chi connectivity index (χ1) is 14.6. The zero-order chi connectivity index (χ0) is 21.1. The lowest BCUT2D eigenvalue weighted by molar-refractivity contribution is -0.384. The van der Waals surface area contributed by atoms with Crippen LogP contribution < -0.4 is 16.4 Å². The molecule has 3 aromatic carbocycles. The first kappa shape index (κ1) is 22.0. The van der Waals surface area contributed by atoms with Gasteiger partial charge in [0.05, 0.1) is 16.2 Å². The van der Waals surface area contributed by atoms with E-state index in [4.69, 9.17) is 5.73 Å². The van der Waals surface area contributed by atoms with Crippen molar-refractivity contribution in [1.82, 2.24) is 0 Å². The molecule has 0 aliphatic carbocycles. The van der Waals surface area contributed by atoms with Gasteiger partial charge in [-0.3, -0.25) is 14.9 Å². The smallest absolute Gasteiger partial charge is 0.270 e. The van der Waals surface area contributed by atoms with Crippen molar-refractivity contribution < 1.29 is 9.72 Å². The number of nitro groups is 1. The molecule has 0 spiro atoms. The van der Waals surface area contributed by atoms with Crippen LogP contribution in [0.1, 0.15) is 16.7 Å². The van der Waals surface area contributed by atoms with Crippen molar-refractivity contribution in [3.63, 3.8) is 0 Å². The molecule has 4 N–H and O–H groups in total. The SMILES string of the molecule is Cl.NCCc1ccc(N/C(=C2\C(=O)Nc3ccc([N+](=O)[O-])cc32)c2ccccc2)cc1. The summed E-state index contributed by atoms with van der Waals surface area (Å²) in [5.74, 6) is -0.309. The predicted molar refractivity (Wildman–Crippen MR) is 125 cm³/mol. The predicted octanol–water partition coefficient (Wildman–Crippen LogP) is 4.45. The fourth-order valence-electron chi connectivity index (χ4n) is 3.47. The van der Waals surface area contributed by atoms with Crippen LogP contribution in [0.3, 0.4) is 0 Å². The Labute approximate surface area is 185 Å². The molecule has 1 aliphatic rings. The van der Waals surface area contributed by atoms with Crippen LogP contribution in [-0.4, -0.2) is 17.4 Å². The van der Waals surface area contributed by atoms with E-state index in [0.717, 1.165) is 23.2 Å². The minimum absolute atomic E-state index is 0. The highest BCUT2D eigenvalue weighted by atomic mass is 35.5. The zero-order valence-electron chi connectivity index (χ0n) is 16.5. The van der Waals surface area contributed by atoms with E-state index in [2.05, 4.69) is 10.6 Å². The van der Waals surface area contributed by atoms with Gasteiger partial charge < -0.3 is 16.4 Å². The summed E-state index contributed by atoms with van der Waals surface area (Å²) in [6, 6.07) is 21.6. The first-order valence-corrected chi connectivity index (χ1v) is 9.52.